The third kappa shape index (κ3) is 2.35. The third-order valence-corrected chi connectivity index (χ3v) is 1.87. The van der Waals surface area contributed by atoms with E-state index in [1.807, 2.05) is 0 Å². The molecule has 0 saturated heterocycles. The van der Waals surface area contributed by atoms with Gasteiger partial charge in [-0.3, -0.25) is 14.9 Å². The molecule has 6 heteroatoms. The molecule has 1 aromatic carbocycles. The van der Waals surface area contributed by atoms with E-state index >= 15 is 0 Å². The smallest absolute Gasteiger partial charge is 0.274 e. The Kier molecular flexibility index (Phi) is 3.60. The summed E-state index contributed by atoms with van der Waals surface area (Å²) < 4.78 is 4.78. The fraction of sp³-hybridized carbons (Fsp3) is 0.100. The highest BCUT2D eigenvalue weighted by Gasteiger charge is 2.14. The largest absolute Gasteiger partial charge is 0.504 e. The highest BCUT2D eigenvalue weighted by Crippen LogP contribution is 2.35. The zero-order valence-corrected chi connectivity index (χ0v) is 8.41. The number of hydrogen-bond acceptors (Lipinski definition) is 5. The number of non-ortho nitro benzene ring substituents is 1. The van der Waals surface area contributed by atoms with E-state index in [9.17, 15) is 20.0 Å². The number of nitro groups is 1. The molecule has 0 aliphatic carbocycles. The molecule has 1 rings (SSSR count). The van der Waals surface area contributed by atoms with Gasteiger partial charge in [0.05, 0.1) is 18.1 Å². The lowest BCUT2D eigenvalue weighted by molar-refractivity contribution is -0.385. The van der Waals surface area contributed by atoms with Crippen LogP contribution in [0.25, 0.3) is 6.08 Å². The van der Waals surface area contributed by atoms with Gasteiger partial charge in [-0.05, 0) is 12.2 Å². The van der Waals surface area contributed by atoms with E-state index in [-0.39, 0.29) is 22.7 Å². The van der Waals surface area contributed by atoms with Crippen LogP contribution in [0.2, 0.25) is 0 Å². The second-order valence-electron chi connectivity index (χ2n) is 2.84. The normalized spacial score (nSPS) is 10.3. The molecule has 0 spiro atoms. The molecule has 0 atom stereocenters. The first-order valence-electron chi connectivity index (χ1n) is 4.27. The van der Waals surface area contributed by atoms with Crippen LogP contribution in [0.3, 0.4) is 0 Å². The van der Waals surface area contributed by atoms with Crippen molar-refractivity contribution in [3.63, 3.8) is 0 Å². The van der Waals surface area contributed by atoms with E-state index < -0.39 is 4.92 Å². The highest BCUT2D eigenvalue weighted by atomic mass is 16.6. The van der Waals surface area contributed by atoms with Crippen molar-refractivity contribution in [2.45, 2.75) is 0 Å². The number of aromatic hydroxyl groups is 1. The van der Waals surface area contributed by atoms with Crippen molar-refractivity contribution < 1.29 is 19.6 Å². The van der Waals surface area contributed by atoms with E-state index in [1.165, 1.54) is 13.2 Å². The second kappa shape index (κ2) is 4.92. The Balaban J connectivity index is 3.34. The zero-order chi connectivity index (χ0) is 12.1. The summed E-state index contributed by atoms with van der Waals surface area (Å²) in [7, 11) is 1.28. The van der Waals surface area contributed by atoms with Crippen LogP contribution in [-0.4, -0.2) is 23.4 Å². The standard InChI is InChI=1S/C10H9NO5/c1-16-9-6-8(11(14)15)5-7(10(9)13)3-2-4-12/h2-6,13H,1H3/b3-2+. The number of nitrogens with zero attached hydrogens (tertiary/aromatic N) is 1. The Labute approximate surface area is 90.9 Å². The molecule has 84 valence electrons. The van der Waals surface area contributed by atoms with Crippen molar-refractivity contribution in [3.05, 3.63) is 33.9 Å². The number of allylic oxidation sites excluding steroid dienone is 1. The fourth-order valence-corrected chi connectivity index (χ4v) is 1.15. The maximum Gasteiger partial charge on any atom is 0.274 e. The van der Waals surface area contributed by atoms with Crippen molar-refractivity contribution in [2.75, 3.05) is 7.11 Å². The lowest BCUT2D eigenvalue weighted by Gasteiger charge is -2.05. The molecule has 0 amide bonds. The van der Waals surface area contributed by atoms with Crippen LogP contribution < -0.4 is 4.74 Å². The van der Waals surface area contributed by atoms with Gasteiger partial charge in [-0.25, -0.2) is 0 Å². The molecule has 6 nitrogen and oxygen atoms in total. The summed E-state index contributed by atoms with van der Waals surface area (Å²) >= 11 is 0. The number of aldehydes is 1. The minimum absolute atomic E-state index is 0.0141. The van der Waals surface area contributed by atoms with Crippen LogP contribution in [0, 0.1) is 10.1 Å². The van der Waals surface area contributed by atoms with Crippen LogP contribution in [0.5, 0.6) is 11.5 Å². The van der Waals surface area contributed by atoms with E-state index in [4.69, 9.17) is 4.74 Å². The Bertz CT molecular complexity index is 453. The van der Waals surface area contributed by atoms with Gasteiger partial charge in [0.15, 0.2) is 11.5 Å². The highest BCUT2D eigenvalue weighted by molar-refractivity contribution is 5.77. The number of ether oxygens (including phenoxy) is 1. The average molecular weight is 223 g/mol. The predicted octanol–water partition coefficient (Wildman–Crippen LogP) is 1.52. The van der Waals surface area contributed by atoms with Crippen molar-refractivity contribution in [1.82, 2.24) is 0 Å². The third-order valence-electron chi connectivity index (χ3n) is 1.87. The lowest BCUT2D eigenvalue weighted by Crippen LogP contribution is -1.92. The van der Waals surface area contributed by atoms with E-state index in [0.717, 1.165) is 18.2 Å². The van der Waals surface area contributed by atoms with Crippen LogP contribution in [0.4, 0.5) is 5.69 Å². The van der Waals surface area contributed by atoms with Gasteiger partial charge < -0.3 is 9.84 Å². The van der Waals surface area contributed by atoms with E-state index in [2.05, 4.69) is 0 Å². The first-order chi connectivity index (χ1) is 7.60. The number of nitro benzene ring substituents is 1. The SMILES string of the molecule is COc1cc([N+](=O)[O-])cc(/C=C/C=O)c1O. The summed E-state index contributed by atoms with van der Waals surface area (Å²) in [6.07, 6.45) is 2.89. The van der Waals surface area contributed by atoms with E-state index in [1.54, 1.807) is 0 Å². The fourth-order valence-electron chi connectivity index (χ4n) is 1.15. The van der Waals surface area contributed by atoms with Crippen LogP contribution in [0.1, 0.15) is 5.56 Å². The van der Waals surface area contributed by atoms with Crippen molar-refractivity contribution in [2.24, 2.45) is 0 Å². The van der Waals surface area contributed by atoms with Crippen molar-refractivity contribution in [3.8, 4) is 11.5 Å². The predicted molar refractivity (Wildman–Crippen MR) is 56.4 cm³/mol. The molecule has 16 heavy (non-hydrogen) atoms. The van der Waals surface area contributed by atoms with Gasteiger partial charge in [-0.2, -0.15) is 0 Å². The molecule has 0 bridgehead atoms. The summed E-state index contributed by atoms with van der Waals surface area (Å²) in [6, 6.07) is 2.26. The molecule has 0 unspecified atom stereocenters. The number of methoxy groups -OCH3 is 1. The topological polar surface area (TPSA) is 89.7 Å². The van der Waals surface area contributed by atoms with Crippen molar-refractivity contribution in [1.29, 1.82) is 0 Å². The van der Waals surface area contributed by atoms with E-state index in [0.29, 0.717) is 6.29 Å². The number of phenolic OH excluding ortho intramolecular Hbond substituents is 1. The van der Waals surface area contributed by atoms with Gasteiger partial charge in [0.25, 0.3) is 5.69 Å². The molecule has 0 heterocycles. The number of rotatable bonds is 4. The lowest BCUT2D eigenvalue weighted by atomic mass is 10.1. The summed E-state index contributed by atoms with van der Waals surface area (Å²) in [5.41, 5.74) is -0.0710. The quantitative estimate of drug-likeness (QED) is 0.361. The van der Waals surface area contributed by atoms with Gasteiger partial charge in [-0.1, -0.05) is 0 Å². The van der Waals surface area contributed by atoms with Crippen molar-refractivity contribution >= 4 is 18.0 Å². The Morgan fingerprint density at radius 2 is 2.19 bits per heavy atom. The summed E-state index contributed by atoms with van der Waals surface area (Å²) in [4.78, 5) is 20.1. The molecule has 1 aromatic rings. The maximum atomic E-state index is 10.6. The van der Waals surface area contributed by atoms with Crippen LogP contribution >= 0.6 is 0 Å². The summed E-state index contributed by atoms with van der Waals surface area (Å²) in [6.45, 7) is 0. The minimum atomic E-state index is -0.611. The number of phenols is 1. The Morgan fingerprint density at radius 1 is 1.50 bits per heavy atom. The molecule has 0 aliphatic heterocycles. The summed E-state index contributed by atoms with van der Waals surface area (Å²) in [5.74, 6) is -0.258. The van der Waals surface area contributed by atoms with Gasteiger partial charge in [0.1, 0.15) is 6.29 Å². The number of benzene rings is 1. The van der Waals surface area contributed by atoms with Gasteiger partial charge in [0.2, 0.25) is 0 Å². The Hall–Kier alpha value is -2.37. The van der Waals surface area contributed by atoms with Crippen LogP contribution in [-0.2, 0) is 4.79 Å². The maximum absolute atomic E-state index is 10.6. The first kappa shape index (κ1) is 11.7. The average Bonchev–Trinajstić information content (AvgIpc) is 2.27. The Morgan fingerprint density at radius 3 is 2.69 bits per heavy atom. The molecular formula is C10H9NO5. The number of hydrogen-bond donors (Lipinski definition) is 1. The molecule has 0 aromatic heterocycles. The van der Waals surface area contributed by atoms with Crippen LogP contribution in [0.15, 0.2) is 18.2 Å². The molecular weight excluding hydrogens is 214 g/mol. The zero-order valence-electron chi connectivity index (χ0n) is 8.41. The molecule has 0 aliphatic rings. The molecule has 0 radical (unpaired) electrons. The van der Waals surface area contributed by atoms with Gasteiger partial charge >= 0.3 is 0 Å². The van der Waals surface area contributed by atoms with Gasteiger partial charge in [-0.15, -0.1) is 0 Å². The monoisotopic (exact) mass is 223 g/mol. The number of carbonyl (C=O) groups is 1. The first-order valence-corrected chi connectivity index (χ1v) is 4.27. The number of carbonyl (C=O) groups excluding carboxylic acids is 1. The molecule has 0 saturated carbocycles. The molecule has 1 N–H and O–H groups in total. The molecule has 0 fully saturated rings. The second-order valence-corrected chi connectivity index (χ2v) is 2.84. The minimum Gasteiger partial charge on any atom is -0.504 e. The van der Waals surface area contributed by atoms with Gasteiger partial charge in [0, 0.05) is 11.6 Å². The summed E-state index contributed by atoms with van der Waals surface area (Å²) in [5, 5.41) is 20.2.